The number of alkyl halides is 3. The summed E-state index contributed by atoms with van der Waals surface area (Å²) in [6, 6.07) is 1.71. The van der Waals surface area contributed by atoms with Crippen molar-refractivity contribution in [3.63, 3.8) is 0 Å². The van der Waals surface area contributed by atoms with Crippen LogP contribution in [-0.2, 0) is 11.0 Å². The lowest BCUT2D eigenvalue weighted by atomic mass is 9.77. The second kappa shape index (κ2) is 5.54. The zero-order valence-corrected chi connectivity index (χ0v) is 11.6. The van der Waals surface area contributed by atoms with E-state index in [-0.39, 0.29) is 5.82 Å². The van der Waals surface area contributed by atoms with Crippen LogP contribution in [0, 0.1) is 5.92 Å². The standard InChI is InChI=1S/C14H17F3N2O2/c1-9-2-5-13(6-3-9,12(20)21)19-11-8-10(4-7-18-11)14(15,16)17/h4,7-9H,2-3,5-6H2,1H3,(H,18,19)(H,20,21). The first-order valence-electron chi connectivity index (χ1n) is 6.78. The predicted molar refractivity (Wildman–Crippen MR) is 70.9 cm³/mol. The van der Waals surface area contributed by atoms with Gasteiger partial charge in [-0.05, 0) is 43.7 Å². The Hall–Kier alpha value is -1.79. The molecule has 0 spiro atoms. The summed E-state index contributed by atoms with van der Waals surface area (Å²) >= 11 is 0. The largest absolute Gasteiger partial charge is 0.480 e. The van der Waals surface area contributed by atoms with E-state index < -0.39 is 23.2 Å². The van der Waals surface area contributed by atoms with Crippen molar-refractivity contribution in [2.24, 2.45) is 5.92 Å². The van der Waals surface area contributed by atoms with Gasteiger partial charge in [0.15, 0.2) is 0 Å². The topological polar surface area (TPSA) is 62.2 Å². The average molecular weight is 302 g/mol. The normalized spacial score (nSPS) is 26.4. The molecule has 2 rings (SSSR count). The molecule has 1 aromatic heterocycles. The van der Waals surface area contributed by atoms with E-state index in [1.165, 1.54) is 0 Å². The van der Waals surface area contributed by atoms with Gasteiger partial charge in [-0.1, -0.05) is 6.92 Å². The molecule has 0 amide bonds. The minimum absolute atomic E-state index is 0.0539. The number of nitrogens with zero attached hydrogens (tertiary/aromatic N) is 1. The van der Waals surface area contributed by atoms with Crippen LogP contribution in [0.2, 0.25) is 0 Å². The fourth-order valence-electron chi connectivity index (χ4n) is 2.57. The summed E-state index contributed by atoms with van der Waals surface area (Å²) in [5.74, 6) is -0.677. The quantitative estimate of drug-likeness (QED) is 0.896. The molecule has 0 bridgehead atoms. The SMILES string of the molecule is CC1CCC(Nc2cc(C(F)(F)F)ccn2)(C(=O)O)CC1. The summed E-state index contributed by atoms with van der Waals surface area (Å²) in [6.45, 7) is 2.04. The molecule has 0 aromatic carbocycles. The summed E-state index contributed by atoms with van der Waals surface area (Å²) in [6.07, 6.45) is -1.25. The van der Waals surface area contributed by atoms with Crippen LogP contribution in [0.1, 0.15) is 38.2 Å². The zero-order chi connectivity index (χ0) is 15.7. The van der Waals surface area contributed by atoms with Crippen LogP contribution in [0.4, 0.5) is 19.0 Å². The van der Waals surface area contributed by atoms with Gasteiger partial charge < -0.3 is 10.4 Å². The molecule has 1 fully saturated rings. The zero-order valence-electron chi connectivity index (χ0n) is 11.6. The molecular weight excluding hydrogens is 285 g/mol. The minimum Gasteiger partial charge on any atom is -0.480 e. The number of rotatable bonds is 3. The van der Waals surface area contributed by atoms with Gasteiger partial charge in [-0.25, -0.2) is 9.78 Å². The van der Waals surface area contributed by atoms with E-state index in [1.807, 2.05) is 6.92 Å². The van der Waals surface area contributed by atoms with Crippen LogP contribution >= 0.6 is 0 Å². The fraction of sp³-hybridized carbons (Fsp3) is 0.571. The predicted octanol–water partition coefficient (Wildman–Crippen LogP) is 3.55. The second-order valence-electron chi connectivity index (χ2n) is 5.62. The van der Waals surface area contributed by atoms with E-state index in [0.29, 0.717) is 18.8 Å². The van der Waals surface area contributed by atoms with Crippen molar-refractivity contribution >= 4 is 11.8 Å². The van der Waals surface area contributed by atoms with E-state index in [4.69, 9.17) is 0 Å². The summed E-state index contributed by atoms with van der Waals surface area (Å²) in [7, 11) is 0. The maximum atomic E-state index is 12.7. The van der Waals surface area contributed by atoms with Crippen molar-refractivity contribution in [2.75, 3.05) is 5.32 Å². The van der Waals surface area contributed by atoms with E-state index in [2.05, 4.69) is 10.3 Å². The van der Waals surface area contributed by atoms with Gasteiger partial charge in [-0.15, -0.1) is 0 Å². The van der Waals surface area contributed by atoms with Gasteiger partial charge in [0.05, 0.1) is 5.56 Å². The van der Waals surface area contributed by atoms with Gasteiger partial charge in [0.1, 0.15) is 11.4 Å². The Morgan fingerprint density at radius 1 is 1.43 bits per heavy atom. The number of pyridine rings is 1. The fourth-order valence-corrected chi connectivity index (χ4v) is 2.57. The number of carboxylic acids is 1. The highest BCUT2D eigenvalue weighted by Crippen LogP contribution is 2.36. The average Bonchev–Trinajstić information content (AvgIpc) is 2.41. The van der Waals surface area contributed by atoms with E-state index >= 15 is 0 Å². The van der Waals surface area contributed by atoms with Crippen molar-refractivity contribution in [3.8, 4) is 0 Å². The number of hydrogen-bond donors (Lipinski definition) is 2. The summed E-state index contributed by atoms with van der Waals surface area (Å²) in [5, 5.41) is 12.2. The molecule has 1 aliphatic rings. The lowest BCUT2D eigenvalue weighted by Gasteiger charge is -2.36. The van der Waals surface area contributed by atoms with E-state index in [0.717, 1.165) is 31.2 Å². The Kier molecular flexibility index (Phi) is 4.11. The third-order valence-corrected chi connectivity index (χ3v) is 3.99. The Morgan fingerprint density at radius 2 is 2.05 bits per heavy atom. The van der Waals surface area contributed by atoms with Crippen LogP contribution in [0.15, 0.2) is 18.3 Å². The molecule has 1 aliphatic carbocycles. The molecule has 0 radical (unpaired) electrons. The van der Waals surface area contributed by atoms with Gasteiger partial charge >= 0.3 is 12.1 Å². The van der Waals surface area contributed by atoms with Gasteiger partial charge in [0.25, 0.3) is 0 Å². The number of carboxylic acid groups (broad SMARTS) is 1. The summed E-state index contributed by atoms with van der Waals surface area (Å²) < 4.78 is 38.0. The summed E-state index contributed by atoms with van der Waals surface area (Å²) in [5.41, 5.74) is -2.08. The maximum absolute atomic E-state index is 12.7. The molecule has 2 N–H and O–H groups in total. The van der Waals surface area contributed by atoms with Gasteiger partial charge in [-0.2, -0.15) is 13.2 Å². The maximum Gasteiger partial charge on any atom is 0.416 e. The Bertz CT molecular complexity index is 523. The third kappa shape index (κ3) is 3.46. The van der Waals surface area contributed by atoms with Crippen LogP contribution in [0.3, 0.4) is 0 Å². The van der Waals surface area contributed by atoms with E-state index in [9.17, 15) is 23.1 Å². The van der Waals surface area contributed by atoms with Gasteiger partial charge in [0.2, 0.25) is 0 Å². The van der Waals surface area contributed by atoms with Crippen LogP contribution in [0.25, 0.3) is 0 Å². The third-order valence-electron chi connectivity index (χ3n) is 3.99. The van der Waals surface area contributed by atoms with Crippen LogP contribution in [0.5, 0.6) is 0 Å². The first-order chi connectivity index (χ1) is 9.73. The Balaban J connectivity index is 2.24. The van der Waals surface area contributed by atoms with Crippen LogP contribution in [-0.4, -0.2) is 21.6 Å². The lowest BCUT2D eigenvalue weighted by Crippen LogP contribution is -2.49. The molecule has 1 heterocycles. The Labute approximate surface area is 120 Å². The highest BCUT2D eigenvalue weighted by atomic mass is 19.4. The molecular formula is C14H17F3N2O2. The molecule has 21 heavy (non-hydrogen) atoms. The smallest absolute Gasteiger partial charge is 0.416 e. The molecule has 7 heteroatoms. The van der Waals surface area contributed by atoms with Crippen molar-refractivity contribution in [2.45, 2.75) is 44.3 Å². The molecule has 0 saturated heterocycles. The van der Waals surface area contributed by atoms with Gasteiger partial charge in [-0.3, -0.25) is 0 Å². The number of anilines is 1. The monoisotopic (exact) mass is 302 g/mol. The molecule has 0 aliphatic heterocycles. The number of aromatic nitrogens is 1. The number of halogens is 3. The molecule has 0 atom stereocenters. The second-order valence-corrected chi connectivity index (χ2v) is 5.62. The highest BCUT2D eigenvalue weighted by molar-refractivity contribution is 5.82. The molecule has 4 nitrogen and oxygen atoms in total. The minimum atomic E-state index is -4.48. The van der Waals surface area contributed by atoms with Gasteiger partial charge in [0, 0.05) is 6.20 Å². The van der Waals surface area contributed by atoms with Crippen molar-refractivity contribution < 1.29 is 23.1 Å². The summed E-state index contributed by atoms with van der Waals surface area (Å²) in [4.78, 5) is 15.4. The van der Waals surface area contributed by atoms with Crippen molar-refractivity contribution in [3.05, 3.63) is 23.9 Å². The number of carbonyl (C=O) groups is 1. The molecule has 1 aromatic rings. The first kappa shape index (κ1) is 15.6. The first-order valence-corrected chi connectivity index (χ1v) is 6.78. The number of hydrogen-bond acceptors (Lipinski definition) is 3. The molecule has 1 saturated carbocycles. The van der Waals surface area contributed by atoms with Crippen LogP contribution < -0.4 is 5.32 Å². The molecule has 116 valence electrons. The Morgan fingerprint density at radius 3 is 2.57 bits per heavy atom. The highest BCUT2D eigenvalue weighted by Gasteiger charge is 2.42. The number of nitrogens with one attached hydrogen (secondary N) is 1. The van der Waals surface area contributed by atoms with Crippen molar-refractivity contribution in [1.82, 2.24) is 4.98 Å². The van der Waals surface area contributed by atoms with E-state index in [1.54, 1.807) is 0 Å². The molecule has 0 unspecified atom stereocenters. The lowest BCUT2D eigenvalue weighted by molar-refractivity contribution is -0.143. The number of aliphatic carboxylic acids is 1. The van der Waals surface area contributed by atoms with Crippen molar-refractivity contribution in [1.29, 1.82) is 0 Å².